The van der Waals surface area contributed by atoms with Crippen LogP contribution < -0.4 is 16.4 Å². The largest absolute Gasteiger partial charge is 0.347 e. The van der Waals surface area contributed by atoms with E-state index in [0.29, 0.717) is 12.0 Å². The summed E-state index contributed by atoms with van der Waals surface area (Å²) >= 11 is 0. The van der Waals surface area contributed by atoms with E-state index in [1.54, 1.807) is 0 Å². The molecule has 4 unspecified atom stereocenters. The summed E-state index contributed by atoms with van der Waals surface area (Å²) < 4.78 is 39.4. The molecule has 2 aliphatic rings. The van der Waals surface area contributed by atoms with Crippen molar-refractivity contribution in [2.45, 2.75) is 25.3 Å². The first kappa shape index (κ1) is 16.8. The van der Waals surface area contributed by atoms with Crippen LogP contribution >= 0.6 is 0 Å². The van der Waals surface area contributed by atoms with Crippen LogP contribution in [0.25, 0.3) is 0 Å². The fourth-order valence-corrected chi connectivity index (χ4v) is 3.83. The minimum absolute atomic E-state index is 0.199. The summed E-state index contributed by atoms with van der Waals surface area (Å²) in [7, 11) is 0. The summed E-state index contributed by atoms with van der Waals surface area (Å²) in [4.78, 5) is 24.0. The van der Waals surface area contributed by atoms with Crippen LogP contribution in [-0.2, 0) is 9.59 Å². The standard InChI is InChI=1S/C16H18F3N3O2/c17-9-3-4-10(14(19)13(9)18)22-11(23)6-21-16(24)12-7-1-2-8(5-7)15(12)20/h3-4,7-8,12,15H,1-2,5-6,20H2,(H,21,24)(H,22,23). The average Bonchev–Trinajstić information content (AvgIpc) is 3.14. The minimum Gasteiger partial charge on any atom is -0.347 e. The Balaban J connectivity index is 1.55. The maximum atomic E-state index is 13.5. The molecule has 4 N–H and O–H groups in total. The Morgan fingerprint density at radius 3 is 2.50 bits per heavy atom. The van der Waals surface area contributed by atoms with Crippen molar-refractivity contribution in [3.63, 3.8) is 0 Å². The molecule has 0 aromatic heterocycles. The van der Waals surface area contributed by atoms with E-state index >= 15 is 0 Å². The maximum absolute atomic E-state index is 13.5. The predicted octanol–water partition coefficient (Wildman–Crippen LogP) is 1.53. The third-order valence-corrected chi connectivity index (χ3v) is 5.02. The van der Waals surface area contributed by atoms with Gasteiger partial charge in [-0.25, -0.2) is 13.2 Å². The van der Waals surface area contributed by atoms with Crippen LogP contribution in [0.15, 0.2) is 12.1 Å². The summed E-state index contributed by atoms with van der Waals surface area (Å²) in [5.74, 6) is -5.22. The molecule has 0 radical (unpaired) electrons. The smallest absolute Gasteiger partial charge is 0.243 e. The Kier molecular flexibility index (Phi) is 4.49. The second kappa shape index (κ2) is 6.43. The van der Waals surface area contributed by atoms with Gasteiger partial charge in [0.15, 0.2) is 17.5 Å². The van der Waals surface area contributed by atoms with E-state index in [-0.39, 0.29) is 23.8 Å². The van der Waals surface area contributed by atoms with Crippen molar-refractivity contribution < 1.29 is 22.8 Å². The number of carbonyl (C=O) groups is 2. The first-order valence-corrected chi connectivity index (χ1v) is 7.85. The first-order valence-electron chi connectivity index (χ1n) is 7.85. The van der Waals surface area contributed by atoms with Crippen molar-refractivity contribution >= 4 is 17.5 Å². The van der Waals surface area contributed by atoms with Gasteiger partial charge in [-0.1, -0.05) is 0 Å². The Labute approximate surface area is 136 Å². The van der Waals surface area contributed by atoms with Crippen LogP contribution in [0.3, 0.4) is 0 Å². The predicted molar refractivity (Wildman–Crippen MR) is 80.3 cm³/mol. The van der Waals surface area contributed by atoms with Crippen molar-refractivity contribution in [2.75, 3.05) is 11.9 Å². The summed E-state index contributed by atoms with van der Waals surface area (Å²) in [6.07, 6.45) is 2.93. The van der Waals surface area contributed by atoms with Gasteiger partial charge in [-0.2, -0.15) is 0 Å². The van der Waals surface area contributed by atoms with E-state index in [1.807, 2.05) is 0 Å². The molecule has 0 heterocycles. The molecular formula is C16H18F3N3O2. The first-order chi connectivity index (χ1) is 11.4. The van der Waals surface area contributed by atoms with Crippen LogP contribution in [0.1, 0.15) is 19.3 Å². The molecule has 2 saturated carbocycles. The number of anilines is 1. The summed E-state index contributed by atoms with van der Waals surface area (Å²) in [5.41, 5.74) is 5.58. The van der Waals surface area contributed by atoms with Gasteiger partial charge in [0, 0.05) is 6.04 Å². The zero-order valence-electron chi connectivity index (χ0n) is 12.8. The van der Waals surface area contributed by atoms with Crippen LogP contribution in [0.2, 0.25) is 0 Å². The summed E-state index contributed by atoms with van der Waals surface area (Å²) in [6, 6.07) is 1.43. The number of nitrogens with two attached hydrogens (primary N) is 1. The van der Waals surface area contributed by atoms with Gasteiger partial charge in [0.05, 0.1) is 18.2 Å². The fourth-order valence-electron chi connectivity index (χ4n) is 3.83. The van der Waals surface area contributed by atoms with E-state index in [1.165, 1.54) is 0 Å². The molecule has 24 heavy (non-hydrogen) atoms. The van der Waals surface area contributed by atoms with Crippen molar-refractivity contribution in [2.24, 2.45) is 23.5 Å². The van der Waals surface area contributed by atoms with E-state index in [9.17, 15) is 22.8 Å². The van der Waals surface area contributed by atoms with Crippen molar-refractivity contribution in [3.8, 4) is 0 Å². The van der Waals surface area contributed by atoms with Crippen LogP contribution in [0.4, 0.5) is 18.9 Å². The number of halogens is 3. The number of carbonyl (C=O) groups excluding carboxylic acids is 2. The van der Waals surface area contributed by atoms with Crippen LogP contribution in [0.5, 0.6) is 0 Å². The number of rotatable bonds is 4. The Morgan fingerprint density at radius 1 is 1.12 bits per heavy atom. The average molecular weight is 341 g/mol. The highest BCUT2D eigenvalue weighted by Crippen LogP contribution is 2.47. The quantitative estimate of drug-likeness (QED) is 0.726. The van der Waals surface area contributed by atoms with Crippen molar-refractivity contribution in [1.82, 2.24) is 5.32 Å². The molecule has 1 aromatic carbocycles. The zero-order valence-corrected chi connectivity index (χ0v) is 12.8. The molecule has 2 bridgehead atoms. The molecule has 5 nitrogen and oxygen atoms in total. The van der Waals surface area contributed by atoms with Crippen molar-refractivity contribution in [3.05, 3.63) is 29.6 Å². The Hall–Kier alpha value is -2.09. The molecule has 3 rings (SSSR count). The van der Waals surface area contributed by atoms with Gasteiger partial charge < -0.3 is 16.4 Å². The van der Waals surface area contributed by atoms with Gasteiger partial charge in [-0.3, -0.25) is 9.59 Å². The molecule has 0 aliphatic heterocycles. The number of benzene rings is 1. The minimum atomic E-state index is -1.66. The number of hydrogen-bond acceptors (Lipinski definition) is 3. The van der Waals surface area contributed by atoms with Crippen LogP contribution in [0, 0.1) is 35.2 Å². The molecule has 4 atom stereocenters. The zero-order chi connectivity index (χ0) is 17.4. The molecule has 2 amide bonds. The van der Waals surface area contributed by atoms with E-state index < -0.39 is 35.6 Å². The lowest BCUT2D eigenvalue weighted by Crippen LogP contribution is -2.46. The fraction of sp³-hybridized carbons (Fsp3) is 0.500. The van der Waals surface area contributed by atoms with Gasteiger partial charge in [0.1, 0.15) is 0 Å². The molecule has 130 valence electrons. The number of hydrogen-bond donors (Lipinski definition) is 3. The lowest BCUT2D eigenvalue weighted by atomic mass is 9.84. The number of nitrogens with one attached hydrogen (secondary N) is 2. The van der Waals surface area contributed by atoms with Gasteiger partial charge in [-0.05, 0) is 43.2 Å². The molecule has 0 spiro atoms. The van der Waals surface area contributed by atoms with Gasteiger partial charge in [0.2, 0.25) is 11.8 Å². The Bertz CT molecular complexity index is 681. The monoisotopic (exact) mass is 341 g/mol. The topological polar surface area (TPSA) is 84.2 Å². The highest BCUT2D eigenvalue weighted by atomic mass is 19.2. The van der Waals surface area contributed by atoms with Crippen molar-refractivity contribution in [1.29, 1.82) is 0 Å². The second-order valence-electron chi connectivity index (χ2n) is 6.43. The third kappa shape index (κ3) is 2.98. The number of fused-ring (bicyclic) bond motifs is 2. The molecular weight excluding hydrogens is 323 g/mol. The number of amides is 2. The van der Waals surface area contributed by atoms with Gasteiger partial charge in [-0.15, -0.1) is 0 Å². The highest BCUT2D eigenvalue weighted by Gasteiger charge is 2.49. The van der Waals surface area contributed by atoms with E-state index in [0.717, 1.165) is 25.3 Å². The van der Waals surface area contributed by atoms with Gasteiger partial charge in [0.25, 0.3) is 0 Å². The highest BCUT2D eigenvalue weighted by molar-refractivity contribution is 5.95. The Morgan fingerprint density at radius 2 is 1.83 bits per heavy atom. The molecule has 1 aromatic rings. The normalized spacial score (nSPS) is 28.0. The van der Waals surface area contributed by atoms with Crippen LogP contribution in [-0.4, -0.2) is 24.4 Å². The lowest BCUT2D eigenvalue weighted by molar-refractivity contribution is -0.129. The summed E-state index contributed by atoms with van der Waals surface area (Å²) in [6.45, 7) is -0.391. The van der Waals surface area contributed by atoms with Gasteiger partial charge >= 0.3 is 0 Å². The molecule has 2 aliphatic carbocycles. The summed E-state index contributed by atoms with van der Waals surface area (Å²) in [5, 5.41) is 4.59. The molecule has 0 saturated heterocycles. The van der Waals surface area contributed by atoms with E-state index in [4.69, 9.17) is 5.73 Å². The van der Waals surface area contributed by atoms with E-state index in [2.05, 4.69) is 10.6 Å². The molecule has 2 fully saturated rings. The maximum Gasteiger partial charge on any atom is 0.243 e. The third-order valence-electron chi connectivity index (χ3n) is 5.02. The second-order valence-corrected chi connectivity index (χ2v) is 6.43. The SMILES string of the molecule is NC1C2CCC(C2)C1C(=O)NCC(=O)Nc1ccc(F)c(F)c1F. The molecule has 8 heteroatoms. The lowest BCUT2D eigenvalue weighted by Gasteiger charge is -2.26.